The van der Waals surface area contributed by atoms with Crippen molar-refractivity contribution in [1.82, 2.24) is 0 Å². The molecule has 0 saturated carbocycles. The van der Waals surface area contributed by atoms with Crippen LogP contribution in [0, 0.1) is 0 Å². The number of para-hydroxylation sites is 2. The van der Waals surface area contributed by atoms with Gasteiger partial charge in [0.15, 0.2) is 6.10 Å². The Labute approximate surface area is 208 Å². The third kappa shape index (κ3) is 5.53. The number of nitrogens with one attached hydrogen (secondary N) is 2. The fourth-order valence-electron chi connectivity index (χ4n) is 3.46. The van der Waals surface area contributed by atoms with Gasteiger partial charge in [0.05, 0.1) is 28.6 Å². The van der Waals surface area contributed by atoms with E-state index in [9.17, 15) is 21.6 Å². The zero-order valence-electron chi connectivity index (χ0n) is 18.5. The standard InChI is InChI=1S/C23H22ClN3O6S2/c1-2-34(29,30)27-15-22(33-21-9-4-3-8-20(21)27)23(28)25-17-10-12-19(13-11-17)35(31,32)26-18-7-5-6-16(24)14-18/h3-14,22,26H,2,15H2,1H3,(H,25,28). The van der Waals surface area contributed by atoms with Crippen molar-refractivity contribution in [2.45, 2.75) is 17.9 Å². The molecule has 0 bridgehead atoms. The van der Waals surface area contributed by atoms with Gasteiger partial charge in [0.25, 0.3) is 15.9 Å². The van der Waals surface area contributed by atoms with Gasteiger partial charge in [-0.05, 0) is 61.5 Å². The minimum atomic E-state index is -3.88. The third-order valence-corrected chi connectivity index (χ3v) is 8.62. The van der Waals surface area contributed by atoms with Crippen molar-refractivity contribution in [3.05, 3.63) is 77.8 Å². The lowest BCUT2D eigenvalue weighted by Crippen LogP contribution is -2.49. The van der Waals surface area contributed by atoms with Crippen LogP contribution in [0.15, 0.2) is 77.7 Å². The Hall–Kier alpha value is -3.28. The number of anilines is 3. The Morgan fingerprint density at radius 1 is 1.00 bits per heavy atom. The van der Waals surface area contributed by atoms with Gasteiger partial charge in [-0.1, -0.05) is 29.8 Å². The maximum Gasteiger partial charge on any atom is 0.267 e. The van der Waals surface area contributed by atoms with Crippen molar-refractivity contribution < 1.29 is 26.4 Å². The first-order valence-electron chi connectivity index (χ1n) is 10.5. The Morgan fingerprint density at radius 3 is 2.40 bits per heavy atom. The Kier molecular flexibility index (Phi) is 6.93. The van der Waals surface area contributed by atoms with E-state index in [0.717, 1.165) is 0 Å². The number of hydrogen-bond acceptors (Lipinski definition) is 6. The summed E-state index contributed by atoms with van der Waals surface area (Å²) in [6.45, 7) is 1.34. The van der Waals surface area contributed by atoms with Crippen molar-refractivity contribution in [3.8, 4) is 5.75 Å². The quantitative estimate of drug-likeness (QED) is 0.476. The zero-order chi connectivity index (χ0) is 25.2. The molecule has 1 aliphatic rings. The molecule has 0 fully saturated rings. The van der Waals surface area contributed by atoms with E-state index >= 15 is 0 Å². The van der Waals surface area contributed by atoms with Gasteiger partial charge < -0.3 is 10.1 Å². The lowest BCUT2D eigenvalue weighted by Gasteiger charge is -2.34. The highest BCUT2D eigenvalue weighted by Crippen LogP contribution is 2.35. The van der Waals surface area contributed by atoms with Crippen LogP contribution in [-0.2, 0) is 24.8 Å². The van der Waals surface area contributed by atoms with Crippen LogP contribution in [0.2, 0.25) is 5.02 Å². The molecule has 1 amide bonds. The predicted molar refractivity (Wildman–Crippen MR) is 135 cm³/mol. The fraction of sp³-hybridized carbons (Fsp3) is 0.174. The number of rotatable bonds is 7. The molecule has 0 spiro atoms. The number of fused-ring (bicyclic) bond motifs is 1. The van der Waals surface area contributed by atoms with E-state index < -0.39 is 32.1 Å². The summed E-state index contributed by atoms with van der Waals surface area (Å²) < 4.78 is 59.8. The van der Waals surface area contributed by atoms with Crippen LogP contribution < -0.4 is 19.1 Å². The molecule has 1 atom stereocenters. The Balaban J connectivity index is 1.48. The van der Waals surface area contributed by atoms with Gasteiger partial charge in [-0.3, -0.25) is 13.8 Å². The lowest BCUT2D eigenvalue weighted by molar-refractivity contribution is -0.122. The van der Waals surface area contributed by atoms with E-state index in [1.807, 2.05) is 0 Å². The largest absolute Gasteiger partial charge is 0.476 e. The molecule has 0 radical (unpaired) electrons. The molecule has 0 saturated heterocycles. The SMILES string of the molecule is CCS(=O)(=O)N1CC(C(=O)Nc2ccc(S(=O)(=O)Nc3cccc(Cl)c3)cc2)Oc2ccccc21. The molecule has 2 N–H and O–H groups in total. The molecule has 35 heavy (non-hydrogen) atoms. The van der Waals surface area contributed by atoms with Gasteiger partial charge in [-0.25, -0.2) is 16.8 Å². The second-order valence-corrected chi connectivity index (χ2v) is 11.9. The monoisotopic (exact) mass is 535 g/mol. The molecular formula is C23H22ClN3O6S2. The topological polar surface area (TPSA) is 122 Å². The number of amides is 1. The van der Waals surface area contributed by atoms with Crippen LogP contribution in [0.25, 0.3) is 0 Å². The first-order valence-corrected chi connectivity index (χ1v) is 14.0. The number of carbonyl (C=O) groups is 1. The molecule has 0 aliphatic carbocycles. The van der Waals surface area contributed by atoms with Gasteiger partial charge in [0, 0.05) is 10.7 Å². The van der Waals surface area contributed by atoms with Crippen LogP contribution in [0.5, 0.6) is 5.75 Å². The molecule has 3 aromatic rings. The predicted octanol–water partition coefficient (Wildman–Crippen LogP) is 3.70. The Bertz CT molecular complexity index is 1460. The van der Waals surface area contributed by atoms with Crippen LogP contribution in [-0.4, -0.2) is 41.1 Å². The molecule has 9 nitrogen and oxygen atoms in total. The van der Waals surface area contributed by atoms with Crippen LogP contribution in [0.4, 0.5) is 17.1 Å². The molecule has 184 valence electrons. The van der Waals surface area contributed by atoms with Crippen molar-refractivity contribution in [2.75, 3.05) is 26.6 Å². The molecule has 0 aromatic heterocycles. The third-order valence-electron chi connectivity index (χ3n) is 5.24. The minimum absolute atomic E-state index is 0.0152. The minimum Gasteiger partial charge on any atom is -0.476 e. The molecule has 12 heteroatoms. The summed E-state index contributed by atoms with van der Waals surface area (Å²) in [5.74, 6) is -0.414. The van der Waals surface area contributed by atoms with E-state index in [2.05, 4.69) is 10.0 Å². The van der Waals surface area contributed by atoms with E-state index in [4.69, 9.17) is 16.3 Å². The van der Waals surface area contributed by atoms with Crippen LogP contribution in [0.1, 0.15) is 6.92 Å². The average molecular weight is 536 g/mol. The zero-order valence-corrected chi connectivity index (χ0v) is 20.9. The second-order valence-electron chi connectivity index (χ2n) is 7.64. The molecule has 1 unspecified atom stereocenters. The smallest absolute Gasteiger partial charge is 0.267 e. The molecular weight excluding hydrogens is 514 g/mol. The highest BCUT2D eigenvalue weighted by atomic mass is 35.5. The number of sulfonamides is 2. The number of ether oxygens (including phenoxy) is 1. The fourth-order valence-corrected chi connectivity index (χ4v) is 5.83. The lowest BCUT2D eigenvalue weighted by atomic mass is 10.2. The molecule has 1 heterocycles. The summed E-state index contributed by atoms with van der Waals surface area (Å²) >= 11 is 5.90. The van der Waals surface area contributed by atoms with Gasteiger partial charge in [0.2, 0.25) is 10.0 Å². The summed E-state index contributed by atoms with van der Waals surface area (Å²) in [6, 6.07) is 18.4. The van der Waals surface area contributed by atoms with E-state index in [1.54, 1.807) is 42.5 Å². The summed E-state index contributed by atoms with van der Waals surface area (Å²) in [4.78, 5) is 12.9. The van der Waals surface area contributed by atoms with E-state index in [-0.39, 0.29) is 22.9 Å². The number of benzene rings is 3. The normalized spacial score (nSPS) is 15.6. The first-order chi connectivity index (χ1) is 16.6. The molecule has 1 aliphatic heterocycles. The van der Waals surface area contributed by atoms with Gasteiger partial charge >= 0.3 is 0 Å². The summed E-state index contributed by atoms with van der Waals surface area (Å²) in [6.07, 6.45) is -1.10. The summed E-state index contributed by atoms with van der Waals surface area (Å²) in [5, 5.41) is 3.04. The van der Waals surface area contributed by atoms with Gasteiger partial charge in [-0.2, -0.15) is 0 Å². The average Bonchev–Trinajstić information content (AvgIpc) is 2.83. The van der Waals surface area contributed by atoms with Crippen molar-refractivity contribution >= 4 is 54.6 Å². The van der Waals surface area contributed by atoms with Crippen molar-refractivity contribution in [2.24, 2.45) is 0 Å². The highest BCUT2D eigenvalue weighted by molar-refractivity contribution is 7.93. The van der Waals surface area contributed by atoms with E-state index in [1.165, 1.54) is 41.6 Å². The number of halogens is 1. The van der Waals surface area contributed by atoms with E-state index in [0.29, 0.717) is 22.1 Å². The maximum absolute atomic E-state index is 12.9. The Morgan fingerprint density at radius 2 is 1.71 bits per heavy atom. The number of nitrogens with zero attached hydrogens (tertiary/aromatic N) is 1. The van der Waals surface area contributed by atoms with Gasteiger partial charge in [-0.15, -0.1) is 0 Å². The maximum atomic E-state index is 12.9. The number of carbonyl (C=O) groups excluding carboxylic acids is 1. The van der Waals surface area contributed by atoms with Crippen molar-refractivity contribution in [3.63, 3.8) is 0 Å². The first kappa shape index (κ1) is 24.8. The van der Waals surface area contributed by atoms with Crippen LogP contribution >= 0.6 is 11.6 Å². The van der Waals surface area contributed by atoms with Crippen LogP contribution in [0.3, 0.4) is 0 Å². The summed E-state index contributed by atoms with van der Waals surface area (Å²) in [7, 11) is -7.51. The number of hydrogen-bond donors (Lipinski definition) is 2. The highest BCUT2D eigenvalue weighted by Gasteiger charge is 2.36. The molecule has 4 rings (SSSR count). The second kappa shape index (κ2) is 9.76. The van der Waals surface area contributed by atoms with Gasteiger partial charge in [0.1, 0.15) is 5.75 Å². The van der Waals surface area contributed by atoms with Crippen molar-refractivity contribution in [1.29, 1.82) is 0 Å². The summed E-state index contributed by atoms with van der Waals surface area (Å²) in [5.41, 5.74) is 1.01. The molecule has 3 aromatic carbocycles.